The van der Waals surface area contributed by atoms with Crippen molar-refractivity contribution in [3.63, 3.8) is 0 Å². The summed E-state index contributed by atoms with van der Waals surface area (Å²) in [6.45, 7) is 8.56. The minimum atomic E-state index is 0. The van der Waals surface area contributed by atoms with Crippen molar-refractivity contribution in [1.82, 2.24) is 0 Å². The molecule has 1 N–H and O–H groups in total. The molecule has 0 heterocycles. The summed E-state index contributed by atoms with van der Waals surface area (Å²) in [5, 5.41) is 3.40. The molecule has 0 amide bonds. The molecule has 0 bridgehead atoms. The van der Waals surface area contributed by atoms with E-state index < -0.39 is 0 Å². The zero-order valence-corrected chi connectivity index (χ0v) is 9.53. The van der Waals surface area contributed by atoms with Crippen molar-refractivity contribution >= 4 is 18.1 Å². The first-order valence-corrected chi connectivity index (χ1v) is 4.43. The first-order chi connectivity index (χ1) is 5.59. The Balaban J connectivity index is 0.00000144. The van der Waals surface area contributed by atoms with Crippen molar-refractivity contribution in [2.45, 2.75) is 33.7 Å². The minimum absolute atomic E-state index is 0. The van der Waals surface area contributed by atoms with Crippen molar-refractivity contribution in [3.05, 3.63) is 29.3 Å². The lowest BCUT2D eigenvalue weighted by atomic mass is 10.1. The summed E-state index contributed by atoms with van der Waals surface area (Å²) in [6, 6.07) is 6.99. The largest absolute Gasteiger partial charge is 0.383 e. The first-order valence-electron chi connectivity index (χ1n) is 4.43. The monoisotopic (exact) mass is 199 g/mol. The average Bonchev–Trinajstić information content (AvgIpc) is 1.94. The molecule has 1 aromatic carbocycles. The fraction of sp³-hybridized carbons (Fsp3) is 0.455. The van der Waals surface area contributed by atoms with Crippen molar-refractivity contribution in [1.29, 1.82) is 0 Å². The van der Waals surface area contributed by atoms with Crippen LogP contribution in [0.2, 0.25) is 0 Å². The highest BCUT2D eigenvalue weighted by atomic mass is 35.5. The number of hydrogen-bond donors (Lipinski definition) is 1. The quantitative estimate of drug-likeness (QED) is 0.769. The lowest BCUT2D eigenvalue weighted by Gasteiger charge is -2.12. The van der Waals surface area contributed by atoms with Crippen LogP contribution in [0.15, 0.2) is 18.2 Å². The van der Waals surface area contributed by atoms with E-state index in [2.05, 4.69) is 51.2 Å². The third kappa shape index (κ3) is 3.69. The first kappa shape index (κ1) is 12.3. The molecule has 0 saturated heterocycles. The number of nitrogens with one attached hydrogen (secondary N) is 1. The maximum Gasteiger partial charge on any atom is 0.0372 e. The van der Waals surface area contributed by atoms with Gasteiger partial charge in [0.15, 0.2) is 0 Å². The molecule has 13 heavy (non-hydrogen) atoms. The van der Waals surface area contributed by atoms with Gasteiger partial charge in [-0.15, -0.1) is 12.4 Å². The molecular weight excluding hydrogens is 182 g/mol. The van der Waals surface area contributed by atoms with Crippen LogP contribution in [-0.2, 0) is 0 Å². The highest BCUT2D eigenvalue weighted by Gasteiger charge is 1.98. The molecule has 0 aromatic heterocycles. The van der Waals surface area contributed by atoms with Gasteiger partial charge in [0.05, 0.1) is 0 Å². The van der Waals surface area contributed by atoms with Crippen molar-refractivity contribution < 1.29 is 0 Å². The standard InChI is InChI=1S/C11H17N.ClH/c1-8(2)12-11-6-5-9(3)7-10(11)4;/h5-8,12H,1-4H3;1H. The summed E-state index contributed by atoms with van der Waals surface area (Å²) in [5.74, 6) is 0. The molecule has 0 aliphatic heterocycles. The summed E-state index contributed by atoms with van der Waals surface area (Å²) in [7, 11) is 0. The second kappa shape index (κ2) is 5.13. The fourth-order valence-corrected chi connectivity index (χ4v) is 1.29. The van der Waals surface area contributed by atoms with E-state index >= 15 is 0 Å². The van der Waals surface area contributed by atoms with Gasteiger partial charge >= 0.3 is 0 Å². The van der Waals surface area contributed by atoms with E-state index in [9.17, 15) is 0 Å². The van der Waals surface area contributed by atoms with Gasteiger partial charge < -0.3 is 5.32 Å². The van der Waals surface area contributed by atoms with Gasteiger partial charge in [-0.1, -0.05) is 17.7 Å². The van der Waals surface area contributed by atoms with Crippen LogP contribution in [0.5, 0.6) is 0 Å². The van der Waals surface area contributed by atoms with Crippen LogP contribution in [0, 0.1) is 13.8 Å². The Bertz CT molecular complexity index is 269. The molecule has 0 aliphatic carbocycles. The predicted octanol–water partition coefficient (Wildman–Crippen LogP) is 3.55. The van der Waals surface area contributed by atoms with Gasteiger partial charge in [-0.05, 0) is 39.3 Å². The normalized spacial score (nSPS) is 9.62. The smallest absolute Gasteiger partial charge is 0.0372 e. The zero-order valence-electron chi connectivity index (χ0n) is 8.72. The number of anilines is 1. The molecule has 1 rings (SSSR count). The summed E-state index contributed by atoms with van der Waals surface area (Å²) in [4.78, 5) is 0. The van der Waals surface area contributed by atoms with E-state index in [0.29, 0.717) is 6.04 Å². The van der Waals surface area contributed by atoms with Gasteiger partial charge in [0.25, 0.3) is 0 Å². The number of halogens is 1. The van der Waals surface area contributed by atoms with Crippen LogP contribution in [0.25, 0.3) is 0 Å². The van der Waals surface area contributed by atoms with Gasteiger partial charge in [0.1, 0.15) is 0 Å². The Morgan fingerprint density at radius 1 is 1.15 bits per heavy atom. The Labute approximate surface area is 87.0 Å². The van der Waals surface area contributed by atoms with Crippen molar-refractivity contribution in [2.24, 2.45) is 0 Å². The van der Waals surface area contributed by atoms with E-state index in [-0.39, 0.29) is 12.4 Å². The Morgan fingerprint density at radius 2 is 1.77 bits per heavy atom. The molecule has 0 unspecified atom stereocenters. The van der Waals surface area contributed by atoms with Crippen LogP contribution >= 0.6 is 12.4 Å². The van der Waals surface area contributed by atoms with Crippen molar-refractivity contribution in [3.8, 4) is 0 Å². The Morgan fingerprint density at radius 3 is 2.23 bits per heavy atom. The van der Waals surface area contributed by atoms with Gasteiger partial charge in [-0.25, -0.2) is 0 Å². The average molecular weight is 200 g/mol. The maximum atomic E-state index is 3.40. The highest BCUT2D eigenvalue weighted by Crippen LogP contribution is 2.16. The molecular formula is C11H18ClN. The van der Waals surface area contributed by atoms with E-state index in [0.717, 1.165) is 0 Å². The van der Waals surface area contributed by atoms with E-state index in [1.807, 2.05) is 0 Å². The number of benzene rings is 1. The number of aryl methyl sites for hydroxylation is 2. The SMILES string of the molecule is Cc1ccc(NC(C)C)c(C)c1.Cl. The molecule has 1 nitrogen and oxygen atoms in total. The van der Waals surface area contributed by atoms with Crippen molar-refractivity contribution in [2.75, 3.05) is 5.32 Å². The molecule has 0 spiro atoms. The van der Waals surface area contributed by atoms with Crippen LogP contribution in [0.3, 0.4) is 0 Å². The molecule has 0 radical (unpaired) electrons. The summed E-state index contributed by atoms with van der Waals surface area (Å²) >= 11 is 0. The molecule has 2 heteroatoms. The third-order valence-corrected chi connectivity index (χ3v) is 1.83. The fourth-order valence-electron chi connectivity index (χ4n) is 1.29. The van der Waals surface area contributed by atoms with E-state index in [1.54, 1.807) is 0 Å². The highest BCUT2D eigenvalue weighted by molar-refractivity contribution is 5.85. The Kier molecular flexibility index (Phi) is 4.86. The molecule has 0 saturated carbocycles. The molecule has 1 aromatic rings. The minimum Gasteiger partial charge on any atom is -0.383 e. The van der Waals surface area contributed by atoms with Gasteiger partial charge in [0.2, 0.25) is 0 Å². The third-order valence-electron chi connectivity index (χ3n) is 1.83. The summed E-state index contributed by atoms with van der Waals surface area (Å²) < 4.78 is 0. The molecule has 74 valence electrons. The van der Waals surface area contributed by atoms with Crippen LogP contribution in [-0.4, -0.2) is 6.04 Å². The second-order valence-electron chi connectivity index (χ2n) is 3.62. The predicted molar refractivity (Wildman–Crippen MR) is 61.9 cm³/mol. The summed E-state index contributed by atoms with van der Waals surface area (Å²) in [6.07, 6.45) is 0. The maximum absolute atomic E-state index is 3.40. The van der Waals surface area contributed by atoms with E-state index in [1.165, 1.54) is 16.8 Å². The number of hydrogen-bond acceptors (Lipinski definition) is 1. The second-order valence-corrected chi connectivity index (χ2v) is 3.62. The molecule has 0 atom stereocenters. The zero-order chi connectivity index (χ0) is 9.14. The molecule has 0 aliphatic rings. The van der Waals surface area contributed by atoms with Gasteiger partial charge in [-0.2, -0.15) is 0 Å². The van der Waals surface area contributed by atoms with Crippen LogP contribution in [0.4, 0.5) is 5.69 Å². The van der Waals surface area contributed by atoms with Crippen LogP contribution in [0.1, 0.15) is 25.0 Å². The lowest BCUT2D eigenvalue weighted by molar-refractivity contribution is 0.897. The van der Waals surface area contributed by atoms with Gasteiger partial charge in [-0.3, -0.25) is 0 Å². The van der Waals surface area contributed by atoms with Crippen LogP contribution < -0.4 is 5.32 Å². The molecule has 0 fully saturated rings. The topological polar surface area (TPSA) is 12.0 Å². The van der Waals surface area contributed by atoms with Gasteiger partial charge in [0, 0.05) is 11.7 Å². The summed E-state index contributed by atoms with van der Waals surface area (Å²) in [5.41, 5.74) is 3.89. The Hall–Kier alpha value is -0.690. The lowest BCUT2D eigenvalue weighted by Crippen LogP contribution is -2.10. The van der Waals surface area contributed by atoms with E-state index in [4.69, 9.17) is 0 Å². The number of rotatable bonds is 2.